The van der Waals surface area contributed by atoms with Crippen molar-refractivity contribution in [2.45, 2.75) is 39.4 Å². The van der Waals surface area contributed by atoms with Gasteiger partial charge in [0.2, 0.25) is 5.91 Å². The first-order valence-corrected chi connectivity index (χ1v) is 12.8. The number of carbonyl (C=O) groups excluding carboxylic acids is 2. The van der Waals surface area contributed by atoms with E-state index in [0.717, 1.165) is 0 Å². The van der Waals surface area contributed by atoms with E-state index in [1.165, 1.54) is 28.2 Å². The number of benzene rings is 3. The highest BCUT2D eigenvalue weighted by Gasteiger charge is 2.26. The minimum Gasteiger partial charge on any atom is -0.497 e. The Hall–Kier alpha value is -4.46. The number of ether oxygens (including phenoxy) is 1. The standard InChI is InChI=1S/C31H31FN2O5/c1-4-21(2)34(31(37)23-11-15-26(38-3)16-12-23)19-29(35)33(17-22-9-13-25(32)14-10-22)18-24-20-39-28-8-6-5-7-27(28)30(24)36/h5-16,20-21H,4,17-19H2,1-3H3. The second kappa shape index (κ2) is 12.4. The number of fused-ring (bicyclic) bond motifs is 1. The number of nitrogens with zero attached hydrogens (tertiary/aromatic N) is 2. The van der Waals surface area contributed by atoms with Crippen LogP contribution < -0.4 is 10.2 Å². The third kappa shape index (κ3) is 6.52. The molecule has 39 heavy (non-hydrogen) atoms. The first-order chi connectivity index (χ1) is 18.8. The van der Waals surface area contributed by atoms with Crippen LogP contribution in [0, 0.1) is 5.82 Å². The molecule has 1 heterocycles. The normalized spacial score (nSPS) is 11.7. The van der Waals surface area contributed by atoms with Crippen molar-refractivity contribution in [3.05, 3.63) is 112 Å². The summed E-state index contributed by atoms with van der Waals surface area (Å²) in [6, 6.07) is 19.2. The number of carbonyl (C=O) groups is 2. The molecule has 1 aromatic heterocycles. The number of hydrogen-bond acceptors (Lipinski definition) is 5. The van der Waals surface area contributed by atoms with E-state index in [2.05, 4.69) is 0 Å². The molecule has 0 N–H and O–H groups in total. The van der Waals surface area contributed by atoms with Crippen LogP contribution in [0.1, 0.15) is 41.8 Å². The molecule has 0 saturated heterocycles. The van der Waals surface area contributed by atoms with E-state index in [-0.39, 0.29) is 48.7 Å². The number of methoxy groups -OCH3 is 1. The third-order valence-electron chi connectivity index (χ3n) is 6.78. The fourth-order valence-corrected chi connectivity index (χ4v) is 4.27. The average molecular weight is 531 g/mol. The lowest BCUT2D eigenvalue weighted by Gasteiger charge is -2.31. The highest BCUT2D eigenvalue weighted by molar-refractivity contribution is 5.96. The topological polar surface area (TPSA) is 80.1 Å². The van der Waals surface area contributed by atoms with Crippen LogP contribution >= 0.6 is 0 Å². The molecule has 8 heteroatoms. The maximum atomic E-state index is 13.8. The van der Waals surface area contributed by atoms with Crippen molar-refractivity contribution in [3.63, 3.8) is 0 Å². The van der Waals surface area contributed by atoms with Crippen LogP contribution in [0.2, 0.25) is 0 Å². The lowest BCUT2D eigenvalue weighted by atomic mass is 10.1. The van der Waals surface area contributed by atoms with E-state index < -0.39 is 0 Å². The van der Waals surface area contributed by atoms with Gasteiger partial charge in [0, 0.05) is 18.2 Å². The third-order valence-corrected chi connectivity index (χ3v) is 6.78. The fraction of sp³-hybridized carbons (Fsp3) is 0.258. The first kappa shape index (κ1) is 27.6. The van der Waals surface area contributed by atoms with E-state index in [9.17, 15) is 18.8 Å². The van der Waals surface area contributed by atoms with Gasteiger partial charge in [-0.15, -0.1) is 0 Å². The van der Waals surface area contributed by atoms with Crippen LogP contribution in [0.5, 0.6) is 5.75 Å². The smallest absolute Gasteiger partial charge is 0.254 e. The van der Waals surface area contributed by atoms with Gasteiger partial charge in [-0.25, -0.2) is 4.39 Å². The molecule has 0 aliphatic heterocycles. The molecule has 1 atom stereocenters. The first-order valence-electron chi connectivity index (χ1n) is 12.8. The lowest BCUT2D eigenvalue weighted by molar-refractivity contribution is -0.133. The molecule has 4 aromatic rings. The molecule has 3 aromatic carbocycles. The zero-order chi connectivity index (χ0) is 27.9. The Kier molecular flexibility index (Phi) is 8.76. The second-order valence-electron chi connectivity index (χ2n) is 9.38. The summed E-state index contributed by atoms with van der Waals surface area (Å²) in [5.41, 5.74) is 1.65. The monoisotopic (exact) mass is 530 g/mol. The molecule has 1 unspecified atom stereocenters. The SMILES string of the molecule is CCC(C)N(CC(=O)N(Cc1ccc(F)cc1)Cc1coc2ccccc2c1=O)C(=O)c1ccc(OC)cc1. The summed E-state index contributed by atoms with van der Waals surface area (Å²) in [7, 11) is 1.55. The van der Waals surface area contributed by atoms with Gasteiger partial charge in [-0.3, -0.25) is 14.4 Å². The van der Waals surface area contributed by atoms with Gasteiger partial charge in [0.05, 0.1) is 30.9 Å². The fourth-order valence-electron chi connectivity index (χ4n) is 4.27. The van der Waals surface area contributed by atoms with Crippen molar-refractivity contribution < 1.29 is 23.1 Å². The van der Waals surface area contributed by atoms with Crippen LogP contribution in [0.3, 0.4) is 0 Å². The van der Waals surface area contributed by atoms with Gasteiger partial charge in [0.1, 0.15) is 23.7 Å². The van der Waals surface area contributed by atoms with Crippen molar-refractivity contribution in [2.75, 3.05) is 13.7 Å². The van der Waals surface area contributed by atoms with Gasteiger partial charge in [0.25, 0.3) is 5.91 Å². The summed E-state index contributed by atoms with van der Waals surface area (Å²) in [5, 5.41) is 0.417. The van der Waals surface area contributed by atoms with Gasteiger partial charge in [-0.2, -0.15) is 0 Å². The van der Waals surface area contributed by atoms with Crippen molar-refractivity contribution in [1.82, 2.24) is 9.80 Å². The Labute approximate surface area is 226 Å². The van der Waals surface area contributed by atoms with Crippen molar-refractivity contribution in [3.8, 4) is 5.75 Å². The summed E-state index contributed by atoms with van der Waals surface area (Å²) in [6.45, 7) is 3.72. The Bertz CT molecular complexity index is 1500. The number of halogens is 1. The van der Waals surface area contributed by atoms with Crippen LogP contribution in [-0.2, 0) is 17.9 Å². The summed E-state index contributed by atoms with van der Waals surface area (Å²) < 4.78 is 24.4. The van der Waals surface area contributed by atoms with Crippen LogP contribution in [0.4, 0.5) is 4.39 Å². The zero-order valence-electron chi connectivity index (χ0n) is 22.2. The van der Waals surface area contributed by atoms with Crippen LogP contribution in [0.15, 0.2) is 88.3 Å². The minimum atomic E-state index is -0.389. The largest absolute Gasteiger partial charge is 0.497 e. The summed E-state index contributed by atoms with van der Waals surface area (Å²) in [4.78, 5) is 43.4. The van der Waals surface area contributed by atoms with E-state index in [0.29, 0.717) is 39.8 Å². The molecule has 0 spiro atoms. The molecule has 0 aliphatic rings. The van der Waals surface area contributed by atoms with Gasteiger partial charge >= 0.3 is 0 Å². The van der Waals surface area contributed by atoms with E-state index in [1.54, 1.807) is 67.8 Å². The van der Waals surface area contributed by atoms with Crippen molar-refractivity contribution >= 4 is 22.8 Å². The Morgan fingerprint density at radius 3 is 2.33 bits per heavy atom. The quantitative estimate of drug-likeness (QED) is 0.274. The predicted molar refractivity (Wildman–Crippen MR) is 147 cm³/mol. The summed E-state index contributed by atoms with van der Waals surface area (Å²) >= 11 is 0. The lowest BCUT2D eigenvalue weighted by Crippen LogP contribution is -2.46. The summed E-state index contributed by atoms with van der Waals surface area (Å²) in [6.07, 6.45) is 2.01. The number of rotatable bonds is 10. The van der Waals surface area contributed by atoms with Crippen molar-refractivity contribution in [1.29, 1.82) is 0 Å². The van der Waals surface area contributed by atoms with E-state index in [4.69, 9.17) is 9.15 Å². The number of amides is 2. The molecule has 0 aliphatic carbocycles. The Morgan fingerprint density at radius 2 is 1.67 bits per heavy atom. The molecule has 0 bridgehead atoms. The molecule has 0 fully saturated rings. The molecular formula is C31H31FN2O5. The molecule has 0 radical (unpaired) electrons. The van der Waals surface area contributed by atoms with Crippen LogP contribution in [-0.4, -0.2) is 41.3 Å². The molecule has 2 amide bonds. The van der Waals surface area contributed by atoms with E-state index >= 15 is 0 Å². The maximum Gasteiger partial charge on any atom is 0.254 e. The van der Waals surface area contributed by atoms with E-state index in [1.807, 2.05) is 13.8 Å². The van der Waals surface area contributed by atoms with Gasteiger partial charge in [-0.05, 0) is 67.4 Å². The average Bonchev–Trinajstić information content (AvgIpc) is 2.97. The Balaban J connectivity index is 1.64. The predicted octanol–water partition coefficient (Wildman–Crippen LogP) is 5.41. The van der Waals surface area contributed by atoms with Crippen LogP contribution in [0.25, 0.3) is 11.0 Å². The number of hydrogen-bond donors (Lipinski definition) is 0. The molecule has 202 valence electrons. The highest BCUT2D eigenvalue weighted by atomic mass is 19.1. The molecule has 4 rings (SSSR count). The molecule has 0 saturated carbocycles. The highest BCUT2D eigenvalue weighted by Crippen LogP contribution is 2.18. The Morgan fingerprint density at radius 1 is 0.974 bits per heavy atom. The number of para-hydroxylation sites is 1. The van der Waals surface area contributed by atoms with Gasteiger partial charge < -0.3 is 19.0 Å². The molecule has 7 nitrogen and oxygen atoms in total. The minimum absolute atomic E-state index is 0.0333. The van der Waals surface area contributed by atoms with Gasteiger partial charge in [-0.1, -0.05) is 31.2 Å². The second-order valence-corrected chi connectivity index (χ2v) is 9.38. The maximum absolute atomic E-state index is 13.8. The van der Waals surface area contributed by atoms with Crippen molar-refractivity contribution in [2.24, 2.45) is 0 Å². The molecular weight excluding hydrogens is 499 g/mol. The zero-order valence-corrected chi connectivity index (χ0v) is 22.2. The summed E-state index contributed by atoms with van der Waals surface area (Å²) in [5.74, 6) is -0.404. The van der Waals surface area contributed by atoms with Gasteiger partial charge in [0.15, 0.2) is 5.43 Å².